The van der Waals surface area contributed by atoms with Crippen molar-refractivity contribution in [2.75, 3.05) is 0 Å². The van der Waals surface area contributed by atoms with Gasteiger partial charge in [-0.15, -0.1) is 12.4 Å². The van der Waals surface area contributed by atoms with Crippen molar-refractivity contribution in [3.8, 4) is 0 Å². The maximum atomic E-state index is 9.80. The lowest BCUT2D eigenvalue weighted by Gasteiger charge is -1.89. The average molecular weight is 263 g/mol. The summed E-state index contributed by atoms with van der Waals surface area (Å²) in [5, 5.41) is 0. The van der Waals surface area contributed by atoms with Gasteiger partial charge >= 0.3 is 18.3 Å². The molecule has 0 fully saturated rings. The van der Waals surface area contributed by atoms with Crippen LogP contribution in [-0.4, -0.2) is 25.9 Å². The van der Waals surface area contributed by atoms with Crippen LogP contribution in [0, 0.1) is 0 Å². The SMILES string of the molecule is Cl.O=S(=O)(O)SSS(=O)(=O)O. The van der Waals surface area contributed by atoms with E-state index in [1.807, 2.05) is 0 Å². The van der Waals surface area contributed by atoms with E-state index in [-0.39, 0.29) is 32.1 Å². The number of halogens is 1. The van der Waals surface area contributed by atoms with Crippen LogP contribution < -0.4 is 0 Å². The molecule has 0 spiro atoms. The van der Waals surface area contributed by atoms with Gasteiger partial charge in [0.2, 0.25) is 0 Å². The van der Waals surface area contributed by atoms with Gasteiger partial charge in [-0.1, -0.05) is 0 Å². The van der Waals surface area contributed by atoms with Crippen LogP contribution in [0.3, 0.4) is 0 Å². The molecular weight excluding hydrogens is 260 g/mol. The van der Waals surface area contributed by atoms with Gasteiger partial charge in [-0.2, -0.15) is 16.8 Å². The van der Waals surface area contributed by atoms with E-state index in [2.05, 4.69) is 0 Å². The number of rotatable bonds is 3. The highest BCUT2D eigenvalue weighted by Crippen LogP contribution is 2.30. The molecular formula is H3ClO6S4. The Morgan fingerprint density at radius 3 is 1.09 bits per heavy atom. The molecule has 0 aromatic rings. The minimum atomic E-state index is -4.42. The Morgan fingerprint density at radius 2 is 1.00 bits per heavy atom. The molecule has 0 radical (unpaired) electrons. The second-order valence-electron chi connectivity index (χ2n) is 0.992. The summed E-state index contributed by atoms with van der Waals surface area (Å²) in [6, 6.07) is 0. The van der Waals surface area contributed by atoms with Gasteiger partial charge in [-0.25, -0.2) is 0 Å². The topological polar surface area (TPSA) is 109 Å². The van der Waals surface area contributed by atoms with E-state index in [1.54, 1.807) is 0 Å². The zero-order valence-electron chi connectivity index (χ0n) is 4.57. The molecule has 0 aromatic heterocycles. The molecule has 11 heavy (non-hydrogen) atoms. The van der Waals surface area contributed by atoms with E-state index >= 15 is 0 Å². The first-order valence-electron chi connectivity index (χ1n) is 1.53. The highest BCUT2D eigenvalue weighted by atomic mass is 35.5. The van der Waals surface area contributed by atoms with Gasteiger partial charge in [0.25, 0.3) is 0 Å². The van der Waals surface area contributed by atoms with Crippen molar-refractivity contribution in [2.45, 2.75) is 0 Å². The van der Waals surface area contributed by atoms with Crippen LogP contribution in [0.5, 0.6) is 0 Å². The van der Waals surface area contributed by atoms with Gasteiger partial charge in [0.05, 0.1) is 19.7 Å². The van der Waals surface area contributed by atoms with Crippen molar-refractivity contribution in [1.29, 1.82) is 0 Å². The Morgan fingerprint density at radius 1 is 0.818 bits per heavy atom. The van der Waals surface area contributed by atoms with Crippen LogP contribution in [0.15, 0.2) is 0 Å². The molecule has 0 heterocycles. The average Bonchev–Trinajstić information content (AvgIpc) is 1.57. The lowest BCUT2D eigenvalue weighted by molar-refractivity contribution is 0.500. The Bertz CT molecular complexity index is 251. The molecule has 0 bridgehead atoms. The predicted molar refractivity (Wildman–Crippen MR) is 45.5 cm³/mol. The van der Waals surface area contributed by atoms with Crippen LogP contribution in [0.25, 0.3) is 0 Å². The van der Waals surface area contributed by atoms with Crippen molar-refractivity contribution in [3.63, 3.8) is 0 Å². The van der Waals surface area contributed by atoms with E-state index in [9.17, 15) is 16.8 Å². The Labute approximate surface area is 76.2 Å². The van der Waals surface area contributed by atoms with Gasteiger partial charge in [0.15, 0.2) is 0 Å². The highest BCUT2D eigenvalue weighted by molar-refractivity contribution is 9.21. The molecule has 0 amide bonds. The number of hydrogen-bond donors (Lipinski definition) is 2. The fraction of sp³-hybridized carbons (Fsp3) is 0. The monoisotopic (exact) mass is 262 g/mol. The van der Waals surface area contributed by atoms with Gasteiger partial charge in [0, 0.05) is 0 Å². The first kappa shape index (κ1) is 14.3. The van der Waals surface area contributed by atoms with Gasteiger partial charge in [-0.05, 0) is 0 Å². The molecule has 0 aliphatic heterocycles. The van der Waals surface area contributed by atoms with Crippen molar-refractivity contribution in [3.05, 3.63) is 0 Å². The highest BCUT2D eigenvalue weighted by Gasteiger charge is 2.14. The minimum absolute atomic E-state index is 0. The summed E-state index contributed by atoms with van der Waals surface area (Å²) in [6.45, 7) is 0. The first-order chi connectivity index (χ1) is 4.21. The molecule has 0 aliphatic carbocycles. The molecule has 0 rings (SSSR count). The van der Waals surface area contributed by atoms with Crippen LogP contribution in [0.1, 0.15) is 0 Å². The summed E-state index contributed by atoms with van der Waals surface area (Å²) in [6.07, 6.45) is 0. The van der Waals surface area contributed by atoms with E-state index in [0.717, 1.165) is 0 Å². The molecule has 0 aromatic carbocycles. The third-order valence-electron chi connectivity index (χ3n) is 0.200. The first-order valence-corrected chi connectivity index (χ1v) is 7.60. The summed E-state index contributed by atoms with van der Waals surface area (Å²) in [4.78, 5) is 0. The Hall–Kier alpha value is 0.810. The molecule has 0 saturated heterocycles. The summed E-state index contributed by atoms with van der Waals surface area (Å²) < 4.78 is 55.0. The Balaban J connectivity index is 0. The predicted octanol–water partition coefficient (Wildman–Crippen LogP) is 0.395. The van der Waals surface area contributed by atoms with E-state index in [4.69, 9.17) is 9.11 Å². The second-order valence-corrected chi connectivity index (χ2v) is 8.77. The van der Waals surface area contributed by atoms with Crippen molar-refractivity contribution in [2.24, 2.45) is 0 Å². The van der Waals surface area contributed by atoms with E-state index in [1.165, 1.54) is 0 Å². The molecule has 0 saturated carbocycles. The smallest absolute Gasteiger partial charge is 0.277 e. The van der Waals surface area contributed by atoms with Crippen LogP contribution >= 0.6 is 32.1 Å². The second kappa shape index (κ2) is 4.74. The maximum Gasteiger partial charge on any atom is 0.330 e. The van der Waals surface area contributed by atoms with Gasteiger partial charge < -0.3 is 0 Å². The van der Waals surface area contributed by atoms with Gasteiger partial charge in [0.1, 0.15) is 0 Å². The third kappa shape index (κ3) is 13.8. The summed E-state index contributed by atoms with van der Waals surface area (Å²) in [7, 11) is -9.54. The summed E-state index contributed by atoms with van der Waals surface area (Å²) in [5.41, 5.74) is 0. The fourth-order valence-electron chi connectivity index (χ4n) is 0.0702. The Kier molecular flexibility index (Phi) is 6.18. The van der Waals surface area contributed by atoms with Crippen LogP contribution in [0.4, 0.5) is 0 Å². The minimum Gasteiger partial charge on any atom is -0.277 e. The molecule has 0 atom stereocenters. The zero-order valence-corrected chi connectivity index (χ0v) is 8.65. The summed E-state index contributed by atoms with van der Waals surface area (Å²) >= 11 is 0. The quantitative estimate of drug-likeness (QED) is 0.556. The molecule has 2 N–H and O–H groups in total. The third-order valence-corrected chi connectivity index (χ3v) is 6.89. The zero-order chi connectivity index (χ0) is 8.41. The molecule has 6 nitrogen and oxygen atoms in total. The number of hydrogen-bond acceptors (Lipinski definition) is 6. The normalized spacial score (nSPS) is 12.2. The fourth-order valence-corrected chi connectivity index (χ4v) is 5.69. The molecule has 0 unspecified atom stereocenters. The van der Waals surface area contributed by atoms with Crippen LogP contribution in [-0.2, 0) is 18.3 Å². The molecule has 0 aliphatic rings. The van der Waals surface area contributed by atoms with Gasteiger partial charge in [-0.3, -0.25) is 9.11 Å². The standard InChI is InChI=1S/ClH.H2O6S4/c;1-9(2,3)7-8-10(4,5)6/h1H;(H,1,2,3)(H,4,5,6). The lowest BCUT2D eigenvalue weighted by Crippen LogP contribution is -1.90. The summed E-state index contributed by atoms with van der Waals surface area (Å²) in [5.74, 6) is 0. The van der Waals surface area contributed by atoms with Crippen molar-refractivity contribution < 1.29 is 25.9 Å². The maximum absolute atomic E-state index is 9.80. The molecule has 70 valence electrons. The molecule has 11 heteroatoms. The van der Waals surface area contributed by atoms with E-state index in [0.29, 0.717) is 0 Å². The van der Waals surface area contributed by atoms with Crippen molar-refractivity contribution >= 4 is 50.4 Å². The largest absolute Gasteiger partial charge is 0.330 e. The lowest BCUT2D eigenvalue weighted by atomic mass is 15.9. The van der Waals surface area contributed by atoms with Crippen LogP contribution in [0.2, 0.25) is 0 Å². The van der Waals surface area contributed by atoms with E-state index < -0.39 is 18.3 Å². The van der Waals surface area contributed by atoms with Crippen molar-refractivity contribution in [1.82, 2.24) is 0 Å².